The van der Waals surface area contributed by atoms with E-state index in [0.29, 0.717) is 16.9 Å². The number of hydrogen-bond acceptors (Lipinski definition) is 5. The fourth-order valence-corrected chi connectivity index (χ4v) is 5.21. The van der Waals surface area contributed by atoms with Gasteiger partial charge in [0.05, 0.1) is 23.3 Å². The van der Waals surface area contributed by atoms with Gasteiger partial charge in [-0.05, 0) is 25.3 Å². The standard InChI is InChI=1S/C21H24N4OS2/c1-15-13-27-20(23-15)24-19(26)14-28-21-22-12-18(16-8-4-2-5-9-16)25(21)17-10-6-3-7-11-17/h2,4-5,8-9,12-13,17H,3,6-7,10-11,14H2,1H3,(H,23,24,26). The number of carbonyl (C=O) groups is 1. The van der Waals surface area contributed by atoms with E-state index in [1.165, 1.54) is 60.8 Å². The van der Waals surface area contributed by atoms with E-state index in [0.717, 1.165) is 16.5 Å². The third-order valence-electron chi connectivity index (χ3n) is 4.97. The van der Waals surface area contributed by atoms with E-state index in [2.05, 4.69) is 44.1 Å². The summed E-state index contributed by atoms with van der Waals surface area (Å²) in [5.41, 5.74) is 3.24. The molecule has 5 nitrogen and oxygen atoms in total. The number of nitrogens with one attached hydrogen (secondary N) is 1. The SMILES string of the molecule is Cc1csc(NC(=O)CSc2ncc(-c3ccccc3)n2C2CCCCC2)n1. The van der Waals surface area contributed by atoms with Crippen molar-refractivity contribution in [1.29, 1.82) is 0 Å². The van der Waals surface area contributed by atoms with Crippen LogP contribution in [0, 0.1) is 6.92 Å². The van der Waals surface area contributed by atoms with E-state index >= 15 is 0 Å². The van der Waals surface area contributed by atoms with Gasteiger partial charge in [-0.1, -0.05) is 61.4 Å². The maximum atomic E-state index is 12.4. The lowest BCUT2D eigenvalue weighted by atomic mass is 9.95. The Hall–Kier alpha value is -2.12. The highest BCUT2D eigenvalue weighted by Crippen LogP contribution is 2.36. The van der Waals surface area contributed by atoms with Gasteiger partial charge in [-0.3, -0.25) is 4.79 Å². The molecule has 1 fully saturated rings. The molecule has 0 aliphatic heterocycles. The number of anilines is 1. The summed E-state index contributed by atoms with van der Waals surface area (Å²) in [5, 5.41) is 6.40. The Labute approximate surface area is 173 Å². The van der Waals surface area contributed by atoms with Crippen molar-refractivity contribution < 1.29 is 4.79 Å². The van der Waals surface area contributed by atoms with Gasteiger partial charge in [0.15, 0.2) is 10.3 Å². The van der Waals surface area contributed by atoms with E-state index in [1.807, 2.05) is 24.6 Å². The molecule has 2 aromatic heterocycles. The quantitative estimate of drug-likeness (QED) is 0.539. The molecular weight excluding hydrogens is 388 g/mol. The molecule has 146 valence electrons. The molecule has 0 radical (unpaired) electrons. The summed E-state index contributed by atoms with van der Waals surface area (Å²) in [6, 6.07) is 10.9. The number of carbonyl (C=O) groups excluding carboxylic acids is 1. The third-order valence-corrected chi connectivity index (χ3v) is 6.81. The Morgan fingerprint density at radius 3 is 2.75 bits per heavy atom. The van der Waals surface area contributed by atoms with Crippen LogP contribution >= 0.6 is 23.1 Å². The molecule has 0 saturated heterocycles. The molecule has 1 N–H and O–H groups in total. The first-order valence-corrected chi connectivity index (χ1v) is 11.5. The van der Waals surface area contributed by atoms with Crippen LogP contribution in [0.2, 0.25) is 0 Å². The predicted octanol–water partition coefficient (Wildman–Crippen LogP) is 5.55. The average Bonchev–Trinajstić information content (AvgIpc) is 3.33. The maximum absolute atomic E-state index is 12.4. The molecule has 0 bridgehead atoms. The van der Waals surface area contributed by atoms with E-state index in [-0.39, 0.29) is 5.91 Å². The van der Waals surface area contributed by atoms with Crippen LogP contribution in [0.15, 0.2) is 47.1 Å². The lowest BCUT2D eigenvalue weighted by Crippen LogP contribution is -2.17. The highest BCUT2D eigenvalue weighted by atomic mass is 32.2. The summed E-state index contributed by atoms with van der Waals surface area (Å²) in [4.78, 5) is 21.3. The second kappa shape index (κ2) is 8.92. The smallest absolute Gasteiger partial charge is 0.236 e. The first kappa shape index (κ1) is 19.2. The monoisotopic (exact) mass is 412 g/mol. The van der Waals surface area contributed by atoms with Gasteiger partial charge in [-0.25, -0.2) is 9.97 Å². The number of thiazole rings is 1. The Bertz CT molecular complexity index is 929. The van der Waals surface area contributed by atoms with Crippen LogP contribution in [-0.4, -0.2) is 26.2 Å². The highest BCUT2D eigenvalue weighted by molar-refractivity contribution is 7.99. The Morgan fingerprint density at radius 1 is 1.25 bits per heavy atom. The number of benzene rings is 1. The van der Waals surface area contributed by atoms with Crippen molar-refractivity contribution in [3.63, 3.8) is 0 Å². The average molecular weight is 413 g/mol. The normalized spacial score (nSPS) is 14.9. The van der Waals surface area contributed by atoms with Crippen molar-refractivity contribution in [3.8, 4) is 11.3 Å². The van der Waals surface area contributed by atoms with Crippen LogP contribution in [0.5, 0.6) is 0 Å². The minimum atomic E-state index is -0.0428. The summed E-state index contributed by atoms with van der Waals surface area (Å²) < 4.78 is 2.36. The van der Waals surface area contributed by atoms with E-state index in [9.17, 15) is 4.79 Å². The summed E-state index contributed by atoms with van der Waals surface area (Å²) >= 11 is 2.96. The zero-order valence-corrected chi connectivity index (χ0v) is 17.6. The van der Waals surface area contributed by atoms with Crippen molar-refractivity contribution in [3.05, 3.63) is 47.6 Å². The maximum Gasteiger partial charge on any atom is 0.236 e. The number of nitrogens with zero attached hydrogens (tertiary/aromatic N) is 3. The zero-order chi connectivity index (χ0) is 19.3. The number of aromatic nitrogens is 3. The molecule has 28 heavy (non-hydrogen) atoms. The molecule has 1 aliphatic carbocycles. The van der Waals surface area contributed by atoms with Crippen molar-refractivity contribution in [2.75, 3.05) is 11.1 Å². The second-order valence-electron chi connectivity index (χ2n) is 7.08. The van der Waals surface area contributed by atoms with Crippen LogP contribution in [0.1, 0.15) is 43.8 Å². The molecule has 7 heteroatoms. The van der Waals surface area contributed by atoms with Gasteiger partial charge in [0, 0.05) is 11.4 Å². The largest absolute Gasteiger partial charge is 0.316 e. The van der Waals surface area contributed by atoms with E-state index in [4.69, 9.17) is 0 Å². The first-order chi connectivity index (χ1) is 13.7. The van der Waals surface area contributed by atoms with Crippen molar-refractivity contribution in [2.45, 2.75) is 50.2 Å². The molecule has 0 atom stereocenters. The third kappa shape index (κ3) is 4.47. The number of amides is 1. The Morgan fingerprint density at radius 2 is 2.04 bits per heavy atom. The van der Waals surface area contributed by atoms with Crippen LogP contribution in [0.3, 0.4) is 0 Å². The van der Waals surface area contributed by atoms with Crippen molar-refractivity contribution in [1.82, 2.24) is 14.5 Å². The van der Waals surface area contributed by atoms with Gasteiger partial charge in [0.2, 0.25) is 5.91 Å². The number of imidazole rings is 1. The molecule has 1 amide bonds. The molecule has 4 rings (SSSR count). The number of hydrogen-bond donors (Lipinski definition) is 1. The number of rotatable bonds is 6. The minimum absolute atomic E-state index is 0.0428. The van der Waals surface area contributed by atoms with Crippen molar-refractivity contribution >= 4 is 34.1 Å². The predicted molar refractivity (Wildman–Crippen MR) is 116 cm³/mol. The van der Waals surface area contributed by atoms with Gasteiger partial charge < -0.3 is 9.88 Å². The second-order valence-corrected chi connectivity index (χ2v) is 8.89. The molecule has 0 spiro atoms. The molecule has 1 aromatic carbocycles. The number of aryl methyl sites for hydroxylation is 1. The molecule has 1 aliphatic rings. The van der Waals surface area contributed by atoms with E-state index in [1.54, 1.807) is 0 Å². The van der Waals surface area contributed by atoms with Crippen LogP contribution in [-0.2, 0) is 4.79 Å². The Balaban J connectivity index is 1.52. The van der Waals surface area contributed by atoms with E-state index < -0.39 is 0 Å². The van der Waals surface area contributed by atoms with Gasteiger partial charge in [0.1, 0.15) is 0 Å². The lowest BCUT2D eigenvalue weighted by molar-refractivity contribution is -0.113. The number of thioether (sulfide) groups is 1. The van der Waals surface area contributed by atoms with Gasteiger partial charge in [0.25, 0.3) is 0 Å². The lowest BCUT2D eigenvalue weighted by Gasteiger charge is -2.26. The fraction of sp³-hybridized carbons (Fsp3) is 0.381. The summed E-state index contributed by atoms with van der Waals surface area (Å²) in [6.45, 7) is 1.92. The van der Waals surface area contributed by atoms with Crippen LogP contribution < -0.4 is 5.32 Å². The molecule has 1 saturated carbocycles. The first-order valence-electron chi connectivity index (χ1n) is 9.68. The van der Waals surface area contributed by atoms with Gasteiger partial charge in [-0.15, -0.1) is 11.3 Å². The highest BCUT2D eigenvalue weighted by Gasteiger charge is 2.23. The molecule has 3 aromatic rings. The van der Waals surface area contributed by atoms with Crippen molar-refractivity contribution in [2.24, 2.45) is 0 Å². The summed E-state index contributed by atoms with van der Waals surface area (Å²) in [7, 11) is 0. The van der Waals surface area contributed by atoms with Crippen LogP contribution in [0.25, 0.3) is 11.3 Å². The summed E-state index contributed by atoms with van der Waals surface area (Å²) in [5.74, 6) is 0.287. The zero-order valence-electron chi connectivity index (χ0n) is 15.9. The summed E-state index contributed by atoms with van der Waals surface area (Å²) in [6.07, 6.45) is 8.12. The molecule has 2 heterocycles. The topological polar surface area (TPSA) is 59.8 Å². The van der Waals surface area contributed by atoms with Crippen LogP contribution in [0.4, 0.5) is 5.13 Å². The molecular formula is C21H24N4OS2. The minimum Gasteiger partial charge on any atom is -0.316 e. The Kier molecular flexibility index (Phi) is 6.12. The van der Waals surface area contributed by atoms with Gasteiger partial charge >= 0.3 is 0 Å². The molecule has 0 unspecified atom stereocenters. The van der Waals surface area contributed by atoms with Gasteiger partial charge in [-0.2, -0.15) is 0 Å². The fourth-order valence-electron chi connectivity index (χ4n) is 3.66.